The van der Waals surface area contributed by atoms with Crippen LogP contribution in [0, 0.1) is 6.92 Å². The molecule has 0 radical (unpaired) electrons. The van der Waals surface area contributed by atoms with Gasteiger partial charge in [0.1, 0.15) is 13.2 Å². The minimum atomic E-state index is -1.05. The summed E-state index contributed by atoms with van der Waals surface area (Å²) in [5.41, 5.74) is 1.25. The van der Waals surface area contributed by atoms with Crippen molar-refractivity contribution in [3.05, 3.63) is 23.3 Å². The quantitative estimate of drug-likeness (QED) is 0.606. The fourth-order valence-electron chi connectivity index (χ4n) is 1.57. The molecule has 0 bridgehead atoms. The van der Waals surface area contributed by atoms with Crippen molar-refractivity contribution in [3.8, 4) is 11.5 Å². The number of carbonyl (C=O) groups is 1. The highest BCUT2D eigenvalue weighted by atomic mass is 35.5. The first kappa shape index (κ1) is 11.6. The number of hydrogen-bond donors (Lipinski definition) is 0. The van der Waals surface area contributed by atoms with Crippen molar-refractivity contribution in [1.29, 1.82) is 0 Å². The van der Waals surface area contributed by atoms with Gasteiger partial charge < -0.3 is 9.47 Å². The van der Waals surface area contributed by atoms with Crippen molar-refractivity contribution >= 4 is 29.0 Å². The van der Waals surface area contributed by atoms with E-state index in [0.29, 0.717) is 30.3 Å². The predicted octanol–water partition coefficient (Wildman–Crippen LogP) is 2.75. The molecule has 1 aromatic carbocycles. The number of Topliss-reactive ketones (excluding diaryl/α,β-unsaturated/α-hetero) is 1. The summed E-state index contributed by atoms with van der Waals surface area (Å²) < 4.78 is 10.8. The Bertz CT molecular complexity index is 429. The fraction of sp³-hybridized carbons (Fsp3) is 0.364. The van der Waals surface area contributed by atoms with E-state index in [1.54, 1.807) is 12.1 Å². The van der Waals surface area contributed by atoms with Crippen LogP contribution in [0.4, 0.5) is 0 Å². The van der Waals surface area contributed by atoms with Crippen LogP contribution in [0.5, 0.6) is 11.5 Å². The highest BCUT2D eigenvalue weighted by Crippen LogP contribution is 2.33. The van der Waals surface area contributed by atoms with Gasteiger partial charge in [0.25, 0.3) is 0 Å². The van der Waals surface area contributed by atoms with Crippen LogP contribution in [0.3, 0.4) is 0 Å². The largest absolute Gasteiger partial charge is 0.486 e. The van der Waals surface area contributed by atoms with E-state index >= 15 is 0 Å². The molecule has 0 saturated carbocycles. The third-order valence-corrected chi connectivity index (χ3v) is 2.75. The Balaban J connectivity index is 2.43. The first-order valence-electron chi connectivity index (χ1n) is 4.82. The van der Waals surface area contributed by atoms with Crippen molar-refractivity contribution in [2.45, 2.75) is 11.8 Å². The SMILES string of the molecule is Cc1cc2c(cc1C(=O)C(Cl)Cl)OCCO2. The molecular formula is C11H10Cl2O3. The van der Waals surface area contributed by atoms with E-state index in [-0.39, 0.29) is 5.78 Å². The lowest BCUT2D eigenvalue weighted by molar-refractivity contribution is 0.100. The highest BCUT2D eigenvalue weighted by Gasteiger charge is 2.21. The van der Waals surface area contributed by atoms with Crippen molar-refractivity contribution in [2.24, 2.45) is 0 Å². The lowest BCUT2D eigenvalue weighted by atomic mass is 10.0. The number of ether oxygens (including phenoxy) is 2. The summed E-state index contributed by atoms with van der Waals surface area (Å²) >= 11 is 11.1. The van der Waals surface area contributed by atoms with Crippen LogP contribution in [0.15, 0.2) is 12.1 Å². The molecule has 0 spiro atoms. The monoisotopic (exact) mass is 260 g/mol. The average molecular weight is 261 g/mol. The number of alkyl halides is 2. The number of benzene rings is 1. The third kappa shape index (κ3) is 2.11. The minimum absolute atomic E-state index is 0.321. The molecule has 0 saturated heterocycles. The molecule has 0 aliphatic carbocycles. The van der Waals surface area contributed by atoms with Gasteiger partial charge >= 0.3 is 0 Å². The van der Waals surface area contributed by atoms with Gasteiger partial charge in [-0.05, 0) is 24.6 Å². The first-order valence-corrected chi connectivity index (χ1v) is 5.69. The van der Waals surface area contributed by atoms with E-state index in [4.69, 9.17) is 32.7 Å². The number of halogens is 2. The lowest BCUT2D eigenvalue weighted by Gasteiger charge is -2.20. The molecular weight excluding hydrogens is 251 g/mol. The summed E-state index contributed by atoms with van der Waals surface area (Å²) in [4.78, 5) is 10.6. The molecule has 0 amide bonds. The maximum absolute atomic E-state index is 11.7. The van der Waals surface area contributed by atoms with Gasteiger partial charge in [0.2, 0.25) is 0 Å². The topological polar surface area (TPSA) is 35.5 Å². The highest BCUT2D eigenvalue weighted by molar-refractivity contribution is 6.55. The van der Waals surface area contributed by atoms with Crippen LogP contribution >= 0.6 is 23.2 Å². The second-order valence-corrected chi connectivity index (χ2v) is 4.57. The Morgan fingerprint density at radius 2 is 1.81 bits per heavy atom. The second-order valence-electron chi connectivity index (χ2n) is 3.48. The van der Waals surface area contributed by atoms with E-state index < -0.39 is 4.84 Å². The molecule has 86 valence electrons. The minimum Gasteiger partial charge on any atom is -0.486 e. The molecule has 1 aromatic rings. The molecule has 3 nitrogen and oxygen atoms in total. The Hall–Kier alpha value is -0.930. The van der Waals surface area contributed by atoms with Crippen molar-refractivity contribution in [2.75, 3.05) is 13.2 Å². The van der Waals surface area contributed by atoms with Gasteiger partial charge in [-0.1, -0.05) is 23.2 Å². The van der Waals surface area contributed by atoms with Crippen LogP contribution < -0.4 is 9.47 Å². The maximum atomic E-state index is 11.7. The van der Waals surface area contributed by atoms with E-state index in [1.807, 2.05) is 6.92 Å². The van der Waals surface area contributed by atoms with Gasteiger partial charge in [-0.2, -0.15) is 0 Å². The van der Waals surface area contributed by atoms with Gasteiger partial charge in [-0.25, -0.2) is 0 Å². The molecule has 1 aliphatic rings. The zero-order valence-electron chi connectivity index (χ0n) is 8.63. The molecule has 0 atom stereocenters. The van der Waals surface area contributed by atoms with Crippen molar-refractivity contribution < 1.29 is 14.3 Å². The Labute approximate surface area is 103 Å². The molecule has 5 heteroatoms. The zero-order valence-corrected chi connectivity index (χ0v) is 10.1. The third-order valence-electron chi connectivity index (χ3n) is 2.35. The van der Waals surface area contributed by atoms with Crippen molar-refractivity contribution in [1.82, 2.24) is 0 Å². The fourth-order valence-corrected chi connectivity index (χ4v) is 1.81. The average Bonchev–Trinajstić information content (AvgIpc) is 2.27. The van der Waals surface area contributed by atoms with Gasteiger partial charge in [-0.3, -0.25) is 4.79 Å². The number of fused-ring (bicyclic) bond motifs is 1. The summed E-state index contributed by atoms with van der Waals surface area (Å²) in [5.74, 6) is 0.896. The molecule has 2 rings (SSSR count). The van der Waals surface area contributed by atoms with Gasteiger partial charge in [0.05, 0.1) is 0 Å². The summed E-state index contributed by atoms with van der Waals surface area (Å²) in [6.45, 7) is 2.81. The van der Waals surface area contributed by atoms with Crippen LogP contribution in [-0.2, 0) is 0 Å². The van der Waals surface area contributed by atoms with Crippen LogP contribution in [-0.4, -0.2) is 23.8 Å². The summed E-state index contributed by atoms with van der Waals surface area (Å²) in [6, 6.07) is 3.39. The Morgan fingerprint density at radius 3 is 2.38 bits per heavy atom. The normalized spacial score (nSPS) is 14.0. The standard InChI is InChI=1S/C11H10Cl2O3/c1-6-4-8-9(16-3-2-15-8)5-7(6)10(14)11(12)13/h4-5,11H,2-3H2,1H3. The first-order chi connectivity index (χ1) is 7.59. The number of ketones is 1. The predicted molar refractivity (Wildman–Crippen MR) is 62.0 cm³/mol. The van der Waals surface area contributed by atoms with Crippen LogP contribution in [0.25, 0.3) is 0 Å². The molecule has 1 aliphatic heterocycles. The molecule has 0 N–H and O–H groups in total. The number of hydrogen-bond acceptors (Lipinski definition) is 3. The van der Waals surface area contributed by atoms with Crippen LogP contribution in [0.1, 0.15) is 15.9 Å². The maximum Gasteiger partial charge on any atom is 0.196 e. The van der Waals surface area contributed by atoms with E-state index in [1.165, 1.54) is 0 Å². The number of rotatable bonds is 2. The van der Waals surface area contributed by atoms with Gasteiger partial charge in [0.15, 0.2) is 22.1 Å². The zero-order chi connectivity index (χ0) is 11.7. The Morgan fingerprint density at radius 1 is 1.25 bits per heavy atom. The smallest absolute Gasteiger partial charge is 0.196 e. The molecule has 0 unspecified atom stereocenters. The summed E-state index contributed by atoms with van der Waals surface area (Å²) in [6.07, 6.45) is 0. The molecule has 16 heavy (non-hydrogen) atoms. The second kappa shape index (κ2) is 4.52. The van der Waals surface area contributed by atoms with E-state index in [2.05, 4.69) is 0 Å². The number of carbonyl (C=O) groups excluding carboxylic acids is 1. The number of aryl methyl sites for hydroxylation is 1. The summed E-state index contributed by atoms with van der Waals surface area (Å²) in [7, 11) is 0. The lowest BCUT2D eigenvalue weighted by Crippen LogP contribution is -2.17. The van der Waals surface area contributed by atoms with E-state index in [9.17, 15) is 4.79 Å². The molecule has 1 heterocycles. The van der Waals surface area contributed by atoms with Gasteiger partial charge in [0, 0.05) is 5.56 Å². The van der Waals surface area contributed by atoms with Crippen molar-refractivity contribution in [3.63, 3.8) is 0 Å². The van der Waals surface area contributed by atoms with E-state index in [0.717, 1.165) is 5.56 Å². The molecule has 0 fully saturated rings. The van der Waals surface area contributed by atoms with Gasteiger partial charge in [-0.15, -0.1) is 0 Å². The Kier molecular flexibility index (Phi) is 3.26. The summed E-state index contributed by atoms with van der Waals surface area (Å²) in [5, 5.41) is 0. The van der Waals surface area contributed by atoms with Crippen LogP contribution in [0.2, 0.25) is 0 Å². The molecule has 0 aromatic heterocycles.